The Bertz CT molecular complexity index is 829. The molecule has 4 fully saturated rings. The quantitative estimate of drug-likeness (QED) is 0.765. The standard InChI is InChI=1S/C26H40N2O2/c1-24(30)11-12-25(2)17(16-24)5-6-18-19-7-8-21(26(19,3)10-9-20(18)25)22(29)15-23-27-13-14-28(23)4/h13-14,17-21,30H,5-12,15-16H2,1-4H3/t17-,18+,19+,20+,21-,24-,25+,26+/m1/s1. The molecule has 5 rings (SSSR count). The fourth-order valence-corrected chi connectivity index (χ4v) is 8.81. The molecule has 0 spiro atoms. The predicted molar refractivity (Wildman–Crippen MR) is 118 cm³/mol. The minimum Gasteiger partial charge on any atom is -0.390 e. The highest BCUT2D eigenvalue weighted by Gasteiger charge is 2.61. The monoisotopic (exact) mass is 412 g/mol. The first-order valence-corrected chi connectivity index (χ1v) is 12.4. The summed E-state index contributed by atoms with van der Waals surface area (Å²) in [4.78, 5) is 17.8. The first-order chi connectivity index (χ1) is 14.1. The first-order valence-electron chi connectivity index (χ1n) is 12.4. The van der Waals surface area contributed by atoms with Gasteiger partial charge in [0.05, 0.1) is 12.0 Å². The molecule has 1 aromatic heterocycles. The van der Waals surface area contributed by atoms with Crippen molar-refractivity contribution >= 4 is 5.78 Å². The summed E-state index contributed by atoms with van der Waals surface area (Å²) in [6.45, 7) is 7.04. The number of carbonyl (C=O) groups excluding carboxylic acids is 1. The molecule has 0 radical (unpaired) electrons. The number of Topliss-reactive ketones (excluding diaryl/α,β-unsaturated/α-hetero) is 1. The number of carbonyl (C=O) groups is 1. The van der Waals surface area contributed by atoms with Crippen LogP contribution < -0.4 is 0 Å². The third-order valence-corrected chi connectivity index (χ3v) is 10.6. The van der Waals surface area contributed by atoms with Gasteiger partial charge in [0.25, 0.3) is 0 Å². The molecule has 4 aliphatic rings. The van der Waals surface area contributed by atoms with E-state index in [-0.39, 0.29) is 11.3 Å². The summed E-state index contributed by atoms with van der Waals surface area (Å²) in [6.07, 6.45) is 14.7. The lowest BCUT2D eigenvalue weighted by Crippen LogP contribution is -2.55. The van der Waals surface area contributed by atoms with E-state index in [1.54, 1.807) is 6.20 Å². The van der Waals surface area contributed by atoms with Crippen molar-refractivity contribution in [2.75, 3.05) is 0 Å². The van der Waals surface area contributed by atoms with Gasteiger partial charge >= 0.3 is 0 Å². The van der Waals surface area contributed by atoms with Gasteiger partial charge in [-0.15, -0.1) is 0 Å². The molecule has 8 atom stereocenters. The number of fused-ring (bicyclic) bond motifs is 5. The second-order valence-corrected chi connectivity index (χ2v) is 12.1. The smallest absolute Gasteiger partial charge is 0.144 e. The summed E-state index contributed by atoms with van der Waals surface area (Å²) in [5.41, 5.74) is 0.102. The van der Waals surface area contributed by atoms with Gasteiger partial charge in [0.15, 0.2) is 0 Å². The molecular formula is C26H40N2O2. The van der Waals surface area contributed by atoms with Crippen molar-refractivity contribution in [3.05, 3.63) is 18.2 Å². The molecule has 4 heteroatoms. The van der Waals surface area contributed by atoms with Gasteiger partial charge in [-0.1, -0.05) is 13.8 Å². The molecule has 0 aliphatic heterocycles. The topological polar surface area (TPSA) is 55.1 Å². The van der Waals surface area contributed by atoms with Crippen molar-refractivity contribution in [2.24, 2.45) is 47.5 Å². The van der Waals surface area contributed by atoms with Crippen molar-refractivity contribution in [3.63, 3.8) is 0 Å². The average molecular weight is 413 g/mol. The van der Waals surface area contributed by atoms with Crippen LogP contribution in [-0.4, -0.2) is 26.0 Å². The number of nitrogens with zero attached hydrogens (tertiary/aromatic N) is 2. The SMILES string of the molecule is Cn1ccnc1CC(=O)[C@H]1CC[C@H]2[C@@H]3CC[C@@H]4C[C@](C)(O)CC[C@]4(C)[C@H]3CC[C@]12C. The van der Waals surface area contributed by atoms with Crippen molar-refractivity contribution in [2.45, 2.75) is 90.6 Å². The molecule has 0 unspecified atom stereocenters. The lowest BCUT2D eigenvalue weighted by atomic mass is 9.44. The third-order valence-electron chi connectivity index (χ3n) is 10.6. The van der Waals surface area contributed by atoms with Crippen LogP contribution in [0.3, 0.4) is 0 Å². The van der Waals surface area contributed by atoms with E-state index in [9.17, 15) is 9.90 Å². The molecule has 30 heavy (non-hydrogen) atoms. The van der Waals surface area contributed by atoms with Crippen LogP contribution in [0.5, 0.6) is 0 Å². The van der Waals surface area contributed by atoms with Gasteiger partial charge in [0, 0.05) is 25.4 Å². The molecular weight excluding hydrogens is 372 g/mol. The maximum absolute atomic E-state index is 13.4. The van der Waals surface area contributed by atoms with Crippen molar-refractivity contribution in [1.29, 1.82) is 0 Å². The number of hydrogen-bond donors (Lipinski definition) is 1. The number of aliphatic hydroxyl groups is 1. The number of aromatic nitrogens is 2. The zero-order valence-electron chi connectivity index (χ0n) is 19.4. The van der Waals surface area contributed by atoms with Crippen LogP contribution in [0.1, 0.15) is 84.4 Å². The molecule has 0 saturated heterocycles. The van der Waals surface area contributed by atoms with Gasteiger partial charge in [-0.2, -0.15) is 0 Å². The minimum absolute atomic E-state index is 0.173. The molecule has 0 amide bonds. The Morgan fingerprint density at radius 1 is 1.07 bits per heavy atom. The lowest BCUT2D eigenvalue weighted by Gasteiger charge is -2.61. The Morgan fingerprint density at radius 2 is 1.83 bits per heavy atom. The van der Waals surface area contributed by atoms with Crippen LogP contribution in [0.4, 0.5) is 0 Å². The summed E-state index contributed by atoms with van der Waals surface area (Å²) < 4.78 is 1.99. The highest BCUT2D eigenvalue weighted by molar-refractivity contribution is 5.83. The average Bonchev–Trinajstić information content (AvgIpc) is 3.24. The van der Waals surface area contributed by atoms with Crippen molar-refractivity contribution < 1.29 is 9.90 Å². The summed E-state index contributed by atoms with van der Waals surface area (Å²) in [5, 5.41) is 10.7. The van der Waals surface area contributed by atoms with E-state index in [0.29, 0.717) is 29.5 Å². The summed E-state index contributed by atoms with van der Waals surface area (Å²) in [6, 6.07) is 0. The van der Waals surface area contributed by atoms with E-state index >= 15 is 0 Å². The summed E-state index contributed by atoms with van der Waals surface area (Å²) in [7, 11) is 1.99. The van der Waals surface area contributed by atoms with Crippen molar-refractivity contribution in [1.82, 2.24) is 9.55 Å². The number of rotatable bonds is 3. The van der Waals surface area contributed by atoms with Gasteiger partial charge in [-0.25, -0.2) is 4.98 Å². The predicted octanol–water partition coefficient (Wildman–Crippen LogP) is 4.94. The maximum Gasteiger partial charge on any atom is 0.144 e. The largest absolute Gasteiger partial charge is 0.390 e. The molecule has 1 N–H and O–H groups in total. The Kier molecular flexibility index (Phi) is 4.78. The Hall–Kier alpha value is -1.16. The molecule has 1 aromatic rings. The van der Waals surface area contributed by atoms with E-state index in [1.807, 2.05) is 24.7 Å². The molecule has 166 valence electrons. The van der Waals surface area contributed by atoms with Crippen LogP contribution in [0.25, 0.3) is 0 Å². The summed E-state index contributed by atoms with van der Waals surface area (Å²) >= 11 is 0. The first kappa shape index (κ1) is 20.7. The van der Waals surface area contributed by atoms with E-state index in [0.717, 1.165) is 36.9 Å². The highest BCUT2D eigenvalue weighted by atomic mass is 16.3. The van der Waals surface area contributed by atoms with E-state index in [2.05, 4.69) is 18.8 Å². The summed E-state index contributed by atoms with van der Waals surface area (Å²) in [5.74, 6) is 4.47. The number of ketones is 1. The third kappa shape index (κ3) is 3.04. The second kappa shape index (κ2) is 6.92. The van der Waals surface area contributed by atoms with Gasteiger partial charge in [-0.3, -0.25) is 4.79 Å². The van der Waals surface area contributed by atoms with Crippen LogP contribution in [0.2, 0.25) is 0 Å². The number of hydrogen-bond acceptors (Lipinski definition) is 3. The van der Waals surface area contributed by atoms with Gasteiger partial charge in [0.2, 0.25) is 0 Å². The number of aryl methyl sites for hydroxylation is 1. The normalized spacial score (nSPS) is 48.0. The van der Waals surface area contributed by atoms with Gasteiger partial charge in [-0.05, 0) is 99.2 Å². The molecule has 0 bridgehead atoms. The Morgan fingerprint density at radius 3 is 2.57 bits per heavy atom. The zero-order valence-corrected chi connectivity index (χ0v) is 19.4. The molecule has 0 aromatic carbocycles. The zero-order chi connectivity index (χ0) is 21.3. The number of imidazole rings is 1. The Balaban J connectivity index is 1.35. The van der Waals surface area contributed by atoms with Crippen LogP contribution in [-0.2, 0) is 18.3 Å². The molecule has 4 aliphatic carbocycles. The molecule has 4 saturated carbocycles. The van der Waals surface area contributed by atoms with E-state index in [1.165, 1.54) is 38.5 Å². The molecule has 4 nitrogen and oxygen atoms in total. The maximum atomic E-state index is 13.4. The minimum atomic E-state index is -0.462. The lowest BCUT2D eigenvalue weighted by molar-refractivity contribution is -0.150. The second-order valence-electron chi connectivity index (χ2n) is 12.1. The van der Waals surface area contributed by atoms with Gasteiger partial charge < -0.3 is 9.67 Å². The van der Waals surface area contributed by atoms with Crippen LogP contribution >= 0.6 is 0 Å². The highest BCUT2D eigenvalue weighted by Crippen LogP contribution is 2.68. The fraction of sp³-hybridized carbons (Fsp3) is 0.846. The fourth-order valence-electron chi connectivity index (χ4n) is 8.81. The Labute approximate surface area is 181 Å². The van der Waals surface area contributed by atoms with Crippen LogP contribution in [0.15, 0.2) is 12.4 Å². The molecule has 1 heterocycles. The van der Waals surface area contributed by atoms with E-state index < -0.39 is 5.60 Å². The van der Waals surface area contributed by atoms with Gasteiger partial charge in [0.1, 0.15) is 11.6 Å². The van der Waals surface area contributed by atoms with E-state index in [4.69, 9.17) is 0 Å². The van der Waals surface area contributed by atoms with Crippen LogP contribution in [0, 0.1) is 40.4 Å². The van der Waals surface area contributed by atoms with Crippen molar-refractivity contribution in [3.8, 4) is 0 Å².